The summed E-state index contributed by atoms with van der Waals surface area (Å²) >= 11 is 0. The first-order valence-corrected chi connectivity index (χ1v) is 14.7. The van der Waals surface area contributed by atoms with Gasteiger partial charge in [0.1, 0.15) is 5.60 Å². The fraction of sp³-hybridized carbons (Fsp3) is 0.767. The highest BCUT2D eigenvalue weighted by atomic mass is 16.7. The van der Waals surface area contributed by atoms with Crippen LogP contribution in [0.5, 0.6) is 0 Å². The molecule has 0 N–H and O–H groups in total. The van der Waals surface area contributed by atoms with Crippen molar-refractivity contribution in [3.63, 3.8) is 0 Å². The zero-order valence-corrected chi connectivity index (χ0v) is 24.5. The number of ether oxygens (including phenoxy) is 2. The lowest BCUT2D eigenvalue weighted by atomic mass is 10.1. The summed E-state index contributed by atoms with van der Waals surface area (Å²) in [4.78, 5) is 65.6. The lowest BCUT2D eigenvalue weighted by Gasteiger charge is -2.22. The standard InChI is InChI=1S/C30H49NO8/c1-5-6-7-8-9-10-11-12-13-14-15-16-17-18-19-20-27(34)37-24(23-28(35)38-30(2,3)4)29(36)39-31-25(32)21-22-26(31)33/h12-13,24H,5-11,14-23H2,1-4H3/t24-/m0/s1. The average Bonchev–Trinajstić information content (AvgIpc) is 3.16. The fourth-order valence-corrected chi connectivity index (χ4v) is 4.07. The van der Waals surface area contributed by atoms with Crippen LogP contribution in [0.4, 0.5) is 0 Å². The molecule has 39 heavy (non-hydrogen) atoms. The van der Waals surface area contributed by atoms with E-state index in [9.17, 15) is 24.0 Å². The Morgan fingerprint density at radius 3 is 1.85 bits per heavy atom. The Labute approximate surface area is 233 Å². The number of carbonyl (C=O) groups is 5. The number of hydrogen-bond donors (Lipinski definition) is 0. The number of amides is 2. The maximum Gasteiger partial charge on any atom is 0.374 e. The fourth-order valence-electron chi connectivity index (χ4n) is 4.07. The van der Waals surface area contributed by atoms with Crippen LogP contribution < -0.4 is 0 Å². The summed E-state index contributed by atoms with van der Waals surface area (Å²) in [6.07, 6.45) is 17.0. The van der Waals surface area contributed by atoms with Gasteiger partial charge in [-0.05, 0) is 52.9 Å². The van der Waals surface area contributed by atoms with E-state index in [1.807, 2.05) is 0 Å². The minimum absolute atomic E-state index is 0.0713. The van der Waals surface area contributed by atoms with E-state index < -0.39 is 47.8 Å². The molecule has 1 fully saturated rings. The van der Waals surface area contributed by atoms with Gasteiger partial charge in [0, 0.05) is 19.3 Å². The summed E-state index contributed by atoms with van der Waals surface area (Å²) in [5, 5.41) is 0.363. The molecule has 0 aromatic rings. The second-order valence-electron chi connectivity index (χ2n) is 11.1. The number of rotatable bonds is 20. The predicted molar refractivity (Wildman–Crippen MR) is 147 cm³/mol. The molecule has 0 saturated carbocycles. The van der Waals surface area contributed by atoms with Crippen LogP contribution in [0.15, 0.2) is 12.2 Å². The molecule has 222 valence electrons. The normalized spacial score (nSPS) is 14.6. The molecule has 1 aliphatic rings. The number of imide groups is 1. The smallest absolute Gasteiger partial charge is 0.374 e. The van der Waals surface area contributed by atoms with Crippen LogP contribution in [0.1, 0.15) is 137 Å². The molecule has 1 atom stereocenters. The van der Waals surface area contributed by atoms with Crippen LogP contribution in [-0.4, -0.2) is 46.5 Å². The van der Waals surface area contributed by atoms with Gasteiger partial charge in [0.2, 0.25) is 6.10 Å². The highest BCUT2D eigenvalue weighted by Gasteiger charge is 2.37. The van der Waals surface area contributed by atoms with Crippen LogP contribution in [0, 0.1) is 0 Å². The van der Waals surface area contributed by atoms with Gasteiger partial charge in [0.25, 0.3) is 11.8 Å². The van der Waals surface area contributed by atoms with E-state index in [0.717, 1.165) is 38.5 Å². The summed E-state index contributed by atoms with van der Waals surface area (Å²) in [5.41, 5.74) is -0.805. The Morgan fingerprint density at radius 2 is 1.31 bits per heavy atom. The highest BCUT2D eigenvalue weighted by Crippen LogP contribution is 2.17. The van der Waals surface area contributed by atoms with E-state index in [4.69, 9.17) is 14.3 Å². The molecule has 0 bridgehead atoms. The summed E-state index contributed by atoms with van der Waals surface area (Å²) in [5.74, 6) is -3.91. The Bertz CT molecular complexity index is 798. The molecule has 0 aromatic carbocycles. The van der Waals surface area contributed by atoms with Crippen molar-refractivity contribution in [1.29, 1.82) is 0 Å². The number of hydrogen-bond acceptors (Lipinski definition) is 8. The molecule has 1 rings (SSSR count). The molecular formula is C30H49NO8. The lowest BCUT2D eigenvalue weighted by Crippen LogP contribution is -2.40. The molecule has 9 heteroatoms. The van der Waals surface area contributed by atoms with E-state index in [2.05, 4.69) is 19.1 Å². The molecule has 0 radical (unpaired) electrons. The number of hydroxylamine groups is 2. The third-order valence-corrected chi connectivity index (χ3v) is 6.14. The van der Waals surface area contributed by atoms with Gasteiger partial charge in [-0.2, -0.15) is 0 Å². The minimum atomic E-state index is -1.61. The minimum Gasteiger partial charge on any atom is -0.460 e. The van der Waals surface area contributed by atoms with E-state index >= 15 is 0 Å². The van der Waals surface area contributed by atoms with Crippen LogP contribution in [0.2, 0.25) is 0 Å². The Kier molecular flexibility index (Phi) is 17.0. The number of nitrogens with zero attached hydrogens (tertiary/aromatic N) is 1. The molecule has 1 aliphatic heterocycles. The van der Waals surface area contributed by atoms with Crippen LogP contribution in [0.25, 0.3) is 0 Å². The van der Waals surface area contributed by atoms with Gasteiger partial charge in [0.05, 0.1) is 6.42 Å². The van der Waals surface area contributed by atoms with Crippen LogP contribution in [-0.2, 0) is 38.3 Å². The first kappa shape index (κ1) is 34.3. The Morgan fingerprint density at radius 1 is 0.795 bits per heavy atom. The zero-order valence-electron chi connectivity index (χ0n) is 24.5. The van der Waals surface area contributed by atoms with Gasteiger partial charge in [-0.3, -0.25) is 19.2 Å². The summed E-state index contributed by atoms with van der Waals surface area (Å²) in [7, 11) is 0. The van der Waals surface area contributed by atoms with Crippen molar-refractivity contribution in [2.24, 2.45) is 0 Å². The SMILES string of the molecule is CCCCCCCCC=CCCCCCCCC(=O)O[C@@H](CC(=O)OC(C)(C)C)C(=O)ON1C(=O)CCC1=O. The lowest BCUT2D eigenvalue weighted by molar-refractivity contribution is -0.207. The highest BCUT2D eigenvalue weighted by molar-refractivity contribution is 6.02. The topological polar surface area (TPSA) is 116 Å². The summed E-state index contributed by atoms with van der Waals surface area (Å²) in [6.45, 7) is 7.23. The zero-order chi connectivity index (χ0) is 29.1. The average molecular weight is 552 g/mol. The molecule has 0 spiro atoms. The summed E-state index contributed by atoms with van der Waals surface area (Å²) in [6, 6.07) is 0. The van der Waals surface area contributed by atoms with E-state index in [1.54, 1.807) is 20.8 Å². The van der Waals surface area contributed by atoms with Gasteiger partial charge in [-0.15, -0.1) is 5.06 Å². The van der Waals surface area contributed by atoms with Gasteiger partial charge >= 0.3 is 17.9 Å². The van der Waals surface area contributed by atoms with Gasteiger partial charge in [-0.25, -0.2) is 4.79 Å². The molecule has 0 aromatic heterocycles. The number of esters is 2. The first-order chi connectivity index (χ1) is 18.5. The maximum absolute atomic E-state index is 12.6. The summed E-state index contributed by atoms with van der Waals surface area (Å²) < 4.78 is 10.4. The second kappa shape index (κ2) is 19.4. The first-order valence-electron chi connectivity index (χ1n) is 14.7. The number of carbonyl (C=O) groups excluding carboxylic acids is 5. The molecule has 2 amide bonds. The molecule has 9 nitrogen and oxygen atoms in total. The van der Waals surface area contributed by atoms with E-state index in [1.165, 1.54) is 38.5 Å². The van der Waals surface area contributed by atoms with Gasteiger partial charge in [0.15, 0.2) is 0 Å². The van der Waals surface area contributed by atoms with Crippen molar-refractivity contribution in [2.45, 2.75) is 149 Å². The van der Waals surface area contributed by atoms with Gasteiger partial charge < -0.3 is 14.3 Å². The van der Waals surface area contributed by atoms with Crippen molar-refractivity contribution < 1.29 is 38.3 Å². The number of allylic oxidation sites excluding steroid dienone is 2. The third kappa shape index (κ3) is 16.8. The monoisotopic (exact) mass is 551 g/mol. The maximum atomic E-state index is 12.6. The van der Waals surface area contributed by atoms with E-state index in [0.29, 0.717) is 11.5 Å². The van der Waals surface area contributed by atoms with Gasteiger partial charge in [-0.1, -0.05) is 70.4 Å². The number of unbranched alkanes of at least 4 members (excludes halogenated alkanes) is 11. The van der Waals surface area contributed by atoms with Crippen molar-refractivity contribution in [2.75, 3.05) is 0 Å². The predicted octanol–water partition coefficient (Wildman–Crippen LogP) is 6.27. The van der Waals surface area contributed by atoms with Crippen molar-refractivity contribution in [1.82, 2.24) is 5.06 Å². The van der Waals surface area contributed by atoms with Crippen molar-refractivity contribution in [3.8, 4) is 0 Å². The van der Waals surface area contributed by atoms with Crippen molar-refractivity contribution in [3.05, 3.63) is 12.2 Å². The Balaban J connectivity index is 2.32. The van der Waals surface area contributed by atoms with Crippen molar-refractivity contribution >= 4 is 29.7 Å². The quantitative estimate of drug-likeness (QED) is 0.0752. The molecular weight excluding hydrogens is 502 g/mol. The second-order valence-corrected chi connectivity index (χ2v) is 11.1. The van der Waals surface area contributed by atoms with Crippen LogP contribution >= 0.6 is 0 Å². The largest absolute Gasteiger partial charge is 0.460 e. The molecule has 1 saturated heterocycles. The molecule has 0 aliphatic carbocycles. The third-order valence-electron chi connectivity index (χ3n) is 6.14. The van der Waals surface area contributed by atoms with E-state index in [-0.39, 0.29) is 19.3 Å². The van der Waals surface area contributed by atoms with Crippen LogP contribution in [0.3, 0.4) is 0 Å². The molecule has 0 unspecified atom stereocenters. The molecule has 1 heterocycles. The Hall–Kier alpha value is -2.71.